The van der Waals surface area contributed by atoms with Crippen molar-refractivity contribution < 1.29 is 18.3 Å². The van der Waals surface area contributed by atoms with E-state index in [0.717, 1.165) is 23.1 Å². The fraction of sp³-hybridized carbons (Fsp3) is 0.333. The molecule has 0 saturated carbocycles. The number of hydrogen-bond acceptors (Lipinski definition) is 5. The average molecular weight is 378 g/mol. The van der Waals surface area contributed by atoms with Crippen LogP contribution in [0.4, 0.5) is 24.5 Å². The van der Waals surface area contributed by atoms with Crippen molar-refractivity contribution in [1.82, 2.24) is 4.57 Å². The van der Waals surface area contributed by atoms with Crippen molar-refractivity contribution in [3.8, 4) is 11.9 Å². The Bertz CT molecular complexity index is 972. The zero-order valence-electron chi connectivity index (χ0n) is 14.7. The molecule has 0 unspecified atom stereocenters. The van der Waals surface area contributed by atoms with Gasteiger partial charge in [-0.25, -0.2) is 0 Å². The molecule has 0 fully saturated rings. The molecular formula is C18H17F3N4O2. The molecular weight excluding hydrogens is 361 g/mol. The van der Waals surface area contributed by atoms with Crippen LogP contribution in [0.1, 0.15) is 36.5 Å². The molecule has 9 heteroatoms. The average Bonchev–Trinajstić information content (AvgIpc) is 2.61. The number of nitrogens with zero attached hydrogens (tertiary/aromatic N) is 4. The molecule has 1 heterocycles. The molecule has 0 radical (unpaired) electrons. The van der Waals surface area contributed by atoms with E-state index >= 15 is 0 Å². The Hall–Kier alpha value is -3.15. The van der Waals surface area contributed by atoms with E-state index < -0.39 is 23.2 Å². The predicted molar refractivity (Wildman–Crippen MR) is 92.3 cm³/mol. The number of alkyl halides is 3. The van der Waals surface area contributed by atoms with Crippen molar-refractivity contribution in [3.63, 3.8) is 0 Å². The highest BCUT2D eigenvalue weighted by Crippen LogP contribution is 2.32. The molecule has 0 bridgehead atoms. The van der Waals surface area contributed by atoms with E-state index in [1.807, 2.05) is 13.0 Å². The molecule has 0 aliphatic carbocycles. The SMILES string of the molecule is CCCCn1c(O)c(C#N)c(C)c(N=Nc2cccc(C(F)(F)F)c2)c1=O. The van der Waals surface area contributed by atoms with Gasteiger partial charge in [-0.05, 0) is 31.5 Å². The molecule has 0 amide bonds. The highest BCUT2D eigenvalue weighted by atomic mass is 19.4. The lowest BCUT2D eigenvalue weighted by Crippen LogP contribution is -2.22. The van der Waals surface area contributed by atoms with Crippen LogP contribution in [0.15, 0.2) is 39.3 Å². The van der Waals surface area contributed by atoms with Gasteiger partial charge >= 0.3 is 6.18 Å². The number of benzene rings is 1. The zero-order valence-corrected chi connectivity index (χ0v) is 14.7. The Morgan fingerprint density at radius 2 is 2.00 bits per heavy atom. The lowest BCUT2D eigenvalue weighted by molar-refractivity contribution is -0.137. The van der Waals surface area contributed by atoms with Crippen LogP contribution in [0.2, 0.25) is 0 Å². The molecule has 0 atom stereocenters. The fourth-order valence-corrected chi connectivity index (χ4v) is 2.43. The van der Waals surface area contributed by atoms with Gasteiger partial charge in [0.1, 0.15) is 11.6 Å². The van der Waals surface area contributed by atoms with E-state index in [0.29, 0.717) is 6.42 Å². The minimum atomic E-state index is -4.53. The summed E-state index contributed by atoms with van der Waals surface area (Å²) in [6.07, 6.45) is -3.19. The molecule has 1 aromatic carbocycles. The summed E-state index contributed by atoms with van der Waals surface area (Å²) >= 11 is 0. The zero-order chi connectivity index (χ0) is 20.2. The van der Waals surface area contributed by atoms with Crippen molar-refractivity contribution in [1.29, 1.82) is 5.26 Å². The minimum absolute atomic E-state index is 0.0877. The summed E-state index contributed by atoms with van der Waals surface area (Å²) in [5, 5.41) is 26.9. The lowest BCUT2D eigenvalue weighted by Gasteiger charge is -2.12. The third-order valence-corrected chi connectivity index (χ3v) is 3.94. The van der Waals surface area contributed by atoms with Gasteiger partial charge in [-0.2, -0.15) is 23.5 Å². The van der Waals surface area contributed by atoms with E-state index in [-0.39, 0.29) is 29.0 Å². The number of aromatic hydroxyl groups is 1. The Morgan fingerprint density at radius 1 is 1.30 bits per heavy atom. The number of halogens is 3. The summed E-state index contributed by atoms with van der Waals surface area (Å²) in [5.41, 5.74) is -1.84. The van der Waals surface area contributed by atoms with Crippen LogP contribution in [0.25, 0.3) is 0 Å². The van der Waals surface area contributed by atoms with E-state index in [9.17, 15) is 28.3 Å². The normalized spacial score (nSPS) is 11.7. The molecule has 142 valence electrons. The largest absolute Gasteiger partial charge is 0.493 e. The minimum Gasteiger partial charge on any atom is -0.493 e. The predicted octanol–water partition coefficient (Wildman–Crippen LogP) is 4.97. The maximum absolute atomic E-state index is 12.8. The molecule has 1 aromatic heterocycles. The summed E-state index contributed by atoms with van der Waals surface area (Å²) in [7, 11) is 0. The standard InChI is InChI=1S/C18H17F3N4O2/c1-3-4-8-25-16(26)14(10-22)11(2)15(17(25)27)24-23-13-7-5-6-12(9-13)18(19,20)21/h5-7,9,26H,3-4,8H2,1-2H3. The van der Waals surface area contributed by atoms with Gasteiger partial charge in [-0.15, -0.1) is 5.11 Å². The number of azo groups is 1. The van der Waals surface area contributed by atoms with Crippen molar-refractivity contribution in [2.75, 3.05) is 0 Å². The van der Waals surface area contributed by atoms with Crippen molar-refractivity contribution in [2.24, 2.45) is 10.2 Å². The van der Waals surface area contributed by atoms with Crippen LogP contribution in [0.3, 0.4) is 0 Å². The van der Waals surface area contributed by atoms with Crippen molar-refractivity contribution in [2.45, 2.75) is 39.4 Å². The number of rotatable bonds is 5. The van der Waals surface area contributed by atoms with Crippen LogP contribution in [0, 0.1) is 18.3 Å². The second kappa shape index (κ2) is 8.03. The van der Waals surface area contributed by atoms with Crippen LogP contribution in [0.5, 0.6) is 5.88 Å². The fourth-order valence-electron chi connectivity index (χ4n) is 2.43. The molecule has 0 saturated heterocycles. The maximum Gasteiger partial charge on any atom is 0.416 e. The Morgan fingerprint density at radius 3 is 2.59 bits per heavy atom. The first-order valence-electron chi connectivity index (χ1n) is 8.16. The van der Waals surface area contributed by atoms with Crippen LogP contribution >= 0.6 is 0 Å². The molecule has 0 spiro atoms. The van der Waals surface area contributed by atoms with E-state index in [1.54, 1.807) is 0 Å². The van der Waals surface area contributed by atoms with Gasteiger partial charge in [0.15, 0.2) is 5.69 Å². The summed E-state index contributed by atoms with van der Waals surface area (Å²) in [6.45, 7) is 3.50. The first-order chi connectivity index (χ1) is 12.7. The van der Waals surface area contributed by atoms with Gasteiger partial charge in [0.2, 0.25) is 5.88 Å². The van der Waals surface area contributed by atoms with Crippen LogP contribution in [-0.2, 0) is 12.7 Å². The molecule has 1 N–H and O–H groups in total. The van der Waals surface area contributed by atoms with E-state index in [2.05, 4.69) is 10.2 Å². The number of unbranched alkanes of at least 4 members (excludes halogenated alkanes) is 1. The van der Waals surface area contributed by atoms with Gasteiger partial charge in [-0.1, -0.05) is 19.4 Å². The molecule has 0 aliphatic heterocycles. The Kier molecular flexibility index (Phi) is 6.00. The summed E-state index contributed by atoms with van der Waals surface area (Å²) in [6, 6.07) is 6.02. The smallest absolute Gasteiger partial charge is 0.416 e. The summed E-state index contributed by atoms with van der Waals surface area (Å²) < 4.78 is 39.4. The molecule has 2 rings (SSSR count). The number of nitriles is 1. The van der Waals surface area contributed by atoms with Gasteiger partial charge < -0.3 is 5.11 Å². The number of hydrogen-bond donors (Lipinski definition) is 1. The van der Waals surface area contributed by atoms with Crippen LogP contribution in [-0.4, -0.2) is 9.67 Å². The number of aromatic nitrogens is 1. The van der Waals surface area contributed by atoms with Gasteiger partial charge in [0.05, 0.1) is 11.3 Å². The van der Waals surface area contributed by atoms with Gasteiger partial charge in [0.25, 0.3) is 5.56 Å². The van der Waals surface area contributed by atoms with Gasteiger partial charge in [-0.3, -0.25) is 9.36 Å². The number of pyridine rings is 1. The maximum atomic E-state index is 12.8. The second-order valence-corrected chi connectivity index (χ2v) is 5.84. The quantitative estimate of drug-likeness (QED) is 0.745. The van der Waals surface area contributed by atoms with Crippen molar-refractivity contribution >= 4 is 11.4 Å². The Balaban J connectivity index is 2.55. The van der Waals surface area contributed by atoms with E-state index in [1.165, 1.54) is 19.1 Å². The van der Waals surface area contributed by atoms with Crippen LogP contribution < -0.4 is 5.56 Å². The highest BCUT2D eigenvalue weighted by Gasteiger charge is 2.30. The van der Waals surface area contributed by atoms with Gasteiger partial charge in [0, 0.05) is 12.1 Å². The Labute approximate surface area is 153 Å². The molecule has 27 heavy (non-hydrogen) atoms. The third kappa shape index (κ3) is 4.34. The highest BCUT2D eigenvalue weighted by molar-refractivity contribution is 5.56. The molecule has 6 nitrogen and oxygen atoms in total. The first kappa shape index (κ1) is 20.2. The molecule has 0 aliphatic rings. The summed E-state index contributed by atoms with van der Waals surface area (Å²) in [5.74, 6) is -0.452. The topological polar surface area (TPSA) is 90.7 Å². The van der Waals surface area contributed by atoms with E-state index in [4.69, 9.17) is 0 Å². The first-order valence-corrected chi connectivity index (χ1v) is 8.16. The lowest BCUT2D eigenvalue weighted by atomic mass is 10.1. The van der Waals surface area contributed by atoms with Crippen molar-refractivity contribution in [3.05, 3.63) is 51.3 Å². The molecule has 2 aromatic rings. The third-order valence-electron chi connectivity index (χ3n) is 3.94. The second-order valence-electron chi connectivity index (χ2n) is 5.84. The monoisotopic (exact) mass is 378 g/mol. The summed E-state index contributed by atoms with van der Waals surface area (Å²) in [4.78, 5) is 12.6.